The molecule has 1 aliphatic heterocycles. The lowest BCUT2D eigenvalue weighted by Crippen LogP contribution is -2.61. The standard InChI is InChI=1S/C14H17N3O/c1-18-14(9-15-10-14)8-12-7-13(17-16-12)11-5-3-2-4-6-11/h2-7,15H,8-10H2,1H3,(H,16,17). The van der Waals surface area contributed by atoms with Crippen LogP contribution in [0.4, 0.5) is 0 Å². The zero-order valence-electron chi connectivity index (χ0n) is 10.4. The summed E-state index contributed by atoms with van der Waals surface area (Å²) in [6.07, 6.45) is 0.871. The number of hydrogen-bond donors (Lipinski definition) is 2. The van der Waals surface area contributed by atoms with E-state index in [4.69, 9.17) is 4.74 Å². The van der Waals surface area contributed by atoms with Crippen LogP contribution in [0.1, 0.15) is 5.69 Å². The molecule has 0 spiro atoms. The number of aromatic amines is 1. The molecule has 1 aromatic carbocycles. The summed E-state index contributed by atoms with van der Waals surface area (Å²) in [5, 5.41) is 10.7. The molecule has 0 aliphatic carbocycles. The highest BCUT2D eigenvalue weighted by atomic mass is 16.5. The first kappa shape index (κ1) is 11.4. The molecule has 1 aromatic heterocycles. The molecule has 2 heterocycles. The second kappa shape index (κ2) is 4.55. The maximum Gasteiger partial charge on any atom is 0.0980 e. The van der Waals surface area contributed by atoms with E-state index in [1.807, 2.05) is 18.2 Å². The fraction of sp³-hybridized carbons (Fsp3) is 0.357. The zero-order valence-corrected chi connectivity index (χ0v) is 10.4. The quantitative estimate of drug-likeness (QED) is 0.857. The van der Waals surface area contributed by atoms with Crippen LogP contribution in [-0.4, -0.2) is 36.0 Å². The molecule has 0 atom stereocenters. The van der Waals surface area contributed by atoms with Crippen LogP contribution >= 0.6 is 0 Å². The second-order valence-corrected chi connectivity index (χ2v) is 4.81. The Morgan fingerprint density at radius 1 is 1.28 bits per heavy atom. The monoisotopic (exact) mass is 243 g/mol. The number of aromatic nitrogens is 2. The second-order valence-electron chi connectivity index (χ2n) is 4.81. The van der Waals surface area contributed by atoms with Gasteiger partial charge in [-0.25, -0.2) is 0 Å². The normalized spacial score (nSPS) is 17.4. The van der Waals surface area contributed by atoms with Crippen molar-refractivity contribution in [3.05, 3.63) is 42.1 Å². The number of methoxy groups -OCH3 is 1. The van der Waals surface area contributed by atoms with E-state index < -0.39 is 0 Å². The minimum absolute atomic E-state index is 0.0551. The average Bonchev–Trinajstić information content (AvgIpc) is 2.83. The lowest BCUT2D eigenvalue weighted by molar-refractivity contribution is -0.0508. The van der Waals surface area contributed by atoms with E-state index >= 15 is 0 Å². The first-order valence-electron chi connectivity index (χ1n) is 6.17. The van der Waals surface area contributed by atoms with E-state index in [9.17, 15) is 0 Å². The maximum atomic E-state index is 5.58. The van der Waals surface area contributed by atoms with Gasteiger partial charge in [0.1, 0.15) is 0 Å². The van der Waals surface area contributed by atoms with Crippen LogP contribution in [0.3, 0.4) is 0 Å². The molecule has 0 amide bonds. The summed E-state index contributed by atoms with van der Waals surface area (Å²) in [4.78, 5) is 0. The third kappa shape index (κ3) is 2.05. The van der Waals surface area contributed by atoms with E-state index in [1.54, 1.807) is 7.11 Å². The van der Waals surface area contributed by atoms with Gasteiger partial charge in [-0.15, -0.1) is 0 Å². The number of H-pyrrole nitrogens is 1. The van der Waals surface area contributed by atoms with Crippen molar-refractivity contribution in [2.45, 2.75) is 12.0 Å². The van der Waals surface area contributed by atoms with Gasteiger partial charge in [0.15, 0.2) is 0 Å². The molecule has 4 heteroatoms. The van der Waals surface area contributed by atoms with Crippen molar-refractivity contribution >= 4 is 0 Å². The van der Waals surface area contributed by atoms with E-state index in [2.05, 4.69) is 33.7 Å². The number of rotatable bonds is 4. The van der Waals surface area contributed by atoms with Crippen molar-refractivity contribution in [1.29, 1.82) is 0 Å². The summed E-state index contributed by atoms with van der Waals surface area (Å²) in [7, 11) is 1.77. The van der Waals surface area contributed by atoms with E-state index in [1.165, 1.54) is 0 Å². The molecular weight excluding hydrogens is 226 g/mol. The Kier molecular flexibility index (Phi) is 2.89. The summed E-state index contributed by atoms with van der Waals surface area (Å²) in [6, 6.07) is 12.3. The van der Waals surface area contributed by atoms with Gasteiger partial charge in [-0.05, 0) is 6.07 Å². The largest absolute Gasteiger partial charge is 0.375 e. The molecule has 4 nitrogen and oxygen atoms in total. The van der Waals surface area contributed by atoms with Gasteiger partial charge in [0.05, 0.1) is 11.3 Å². The fourth-order valence-electron chi connectivity index (χ4n) is 2.30. The minimum atomic E-state index is -0.0551. The van der Waals surface area contributed by atoms with Gasteiger partial charge >= 0.3 is 0 Å². The lowest BCUT2D eigenvalue weighted by atomic mass is 9.91. The summed E-state index contributed by atoms with van der Waals surface area (Å²) >= 11 is 0. The van der Waals surface area contributed by atoms with E-state index in [-0.39, 0.29) is 5.60 Å². The van der Waals surface area contributed by atoms with Crippen LogP contribution in [0, 0.1) is 0 Å². The minimum Gasteiger partial charge on any atom is -0.375 e. The Morgan fingerprint density at radius 3 is 2.67 bits per heavy atom. The van der Waals surface area contributed by atoms with Crippen LogP contribution in [0.2, 0.25) is 0 Å². The molecule has 2 aromatic rings. The molecule has 2 N–H and O–H groups in total. The lowest BCUT2D eigenvalue weighted by Gasteiger charge is -2.41. The number of nitrogens with one attached hydrogen (secondary N) is 2. The van der Waals surface area contributed by atoms with Gasteiger partial charge in [0.25, 0.3) is 0 Å². The first-order chi connectivity index (χ1) is 8.81. The van der Waals surface area contributed by atoms with Crippen LogP contribution in [0.25, 0.3) is 11.3 Å². The van der Waals surface area contributed by atoms with Crippen LogP contribution in [0.5, 0.6) is 0 Å². The average molecular weight is 243 g/mol. The smallest absolute Gasteiger partial charge is 0.0980 e. The highest BCUT2D eigenvalue weighted by molar-refractivity contribution is 5.58. The van der Waals surface area contributed by atoms with Crippen molar-refractivity contribution in [3.8, 4) is 11.3 Å². The Labute approximate surface area is 106 Å². The van der Waals surface area contributed by atoms with Gasteiger partial charge in [0.2, 0.25) is 0 Å². The molecular formula is C14H17N3O. The summed E-state index contributed by atoms with van der Waals surface area (Å²) in [5.74, 6) is 0. The van der Waals surface area contributed by atoms with Crippen molar-refractivity contribution in [2.24, 2.45) is 0 Å². The number of nitrogens with zero attached hydrogens (tertiary/aromatic N) is 1. The number of hydrogen-bond acceptors (Lipinski definition) is 3. The summed E-state index contributed by atoms with van der Waals surface area (Å²) in [6.45, 7) is 1.81. The van der Waals surface area contributed by atoms with Crippen molar-refractivity contribution in [1.82, 2.24) is 15.5 Å². The highest BCUT2D eigenvalue weighted by Crippen LogP contribution is 2.23. The molecule has 0 unspecified atom stereocenters. The van der Waals surface area contributed by atoms with Gasteiger partial charge in [0, 0.05) is 37.9 Å². The number of benzene rings is 1. The van der Waals surface area contributed by atoms with Crippen LogP contribution in [-0.2, 0) is 11.2 Å². The van der Waals surface area contributed by atoms with E-state index in [0.717, 1.165) is 36.5 Å². The SMILES string of the molecule is COC1(Cc2cc(-c3ccccc3)n[nH]2)CNC1. The molecule has 1 fully saturated rings. The van der Waals surface area contributed by atoms with Crippen molar-refractivity contribution < 1.29 is 4.74 Å². The van der Waals surface area contributed by atoms with Crippen LogP contribution in [0.15, 0.2) is 36.4 Å². The van der Waals surface area contributed by atoms with Crippen molar-refractivity contribution in [2.75, 3.05) is 20.2 Å². The zero-order chi connectivity index (χ0) is 12.4. The first-order valence-corrected chi connectivity index (χ1v) is 6.17. The molecule has 3 rings (SSSR count). The van der Waals surface area contributed by atoms with Gasteiger partial charge in [-0.2, -0.15) is 5.10 Å². The Morgan fingerprint density at radius 2 is 2.06 bits per heavy atom. The Hall–Kier alpha value is -1.65. The third-order valence-corrected chi connectivity index (χ3v) is 3.54. The van der Waals surface area contributed by atoms with Gasteiger partial charge in [-0.1, -0.05) is 30.3 Å². The Balaban J connectivity index is 1.78. The molecule has 94 valence electrons. The summed E-state index contributed by atoms with van der Waals surface area (Å²) in [5.41, 5.74) is 3.19. The molecule has 1 aliphatic rings. The predicted octanol–water partition coefficient (Wildman–Crippen LogP) is 1.61. The van der Waals surface area contributed by atoms with Gasteiger partial charge < -0.3 is 10.1 Å². The topological polar surface area (TPSA) is 49.9 Å². The van der Waals surface area contributed by atoms with Crippen molar-refractivity contribution in [3.63, 3.8) is 0 Å². The molecule has 0 radical (unpaired) electrons. The number of ether oxygens (including phenoxy) is 1. The van der Waals surface area contributed by atoms with Crippen LogP contribution < -0.4 is 5.32 Å². The molecule has 0 saturated carbocycles. The highest BCUT2D eigenvalue weighted by Gasteiger charge is 2.37. The predicted molar refractivity (Wildman–Crippen MR) is 70.3 cm³/mol. The third-order valence-electron chi connectivity index (χ3n) is 3.54. The molecule has 18 heavy (non-hydrogen) atoms. The molecule has 0 bridgehead atoms. The maximum absolute atomic E-state index is 5.58. The fourth-order valence-corrected chi connectivity index (χ4v) is 2.30. The Bertz CT molecular complexity index is 511. The molecule has 1 saturated heterocycles. The van der Waals surface area contributed by atoms with Gasteiger partial charge in [-0.3, -0.25) is 5.10 Å². The summed E-state index contributed by atoms with van der Waals surface area (Å²) < 4.78 is 5.58. The van der Waals surface area contributed by atoms with E-state index in [0.29, 0.717) is 0 Å².